The molecular formula is C20H21ClOP. The third-order valence-corrected chi connectivity index (χ3v) is 7.40. The summed E-state index contributed by atoms with van der Waals surface area (Å²) in [6, 6.07) is 31.8. The first-order chi connectivity index (χ1) is 10.9. The van der Waals surface area contributed by atoms with Crippen molar-refractivity contribution < 1.29 is 4.52 Å². The van der Waals surface area contributed by atoms with E-state index in [0.29, 0.717) is 6.61 Å². The fourth-order valence-corrected chi connectivity index (χ4v) is 6.28. The summed E-state index contributed by atoms with van der Waals surface area (Å²) in [4.78, 5) is 0. The van der Waals surface area contributed by atoms with Gasteiger partial charge in [0.25, 0.3) is 0 Å². The molecular weight excluding hydrogens is 323 g/mol. The molecule has 0 amide bonds. The molecule has 0 bridgehead atoms. The van der Waals surface area contributed by atoms with Gasteiger partial charge >= 0.3 is 0 Å². The third kappa shape index (κ3) is 3.48. The van der Waals surface area contributed by atoms with Crippen molar-refractivity contribution in [3.8, 4) is 0 Å². The summed E-state index contributed by atoms with van der Waals surface area (Å²) in [6.45, 7) is 2.76. The standard InChI is InChI=1S/C20H20OP.ClH/c1-2-21-22(18-12-6-3-7-13-18,19-14-8-4-9-15-19)20-16-10-5-11-17-20;/h3-17H,2H2,1H3;1H. The summed E-state index contributed by atoms with van der Waals surface area (Å²) < 4.78 is 6.50. The second-order valence-corrected chi connectivity index (χ2v) is 8.06. The van der Waals surface area contributed by atoms with Gasteiger partial charge in [-0.2, -0.15) is 0 Å². The predicted octanol–water partition coefficient (Wildman–Crippen LogP) is 4.35. The third-order valence-electron chi connectivity index (χ3n) is 3.68. The van der Waals surface area contributed by atoms with Crippen LogP contribution >= 0.6 is 19.9 Å². The van der Waals surface area contributed by atoms with Crippen LogP contribution in [0, 0.1) is 0 Å². The van der Waals surface area contributed by atoms with Crippen LogP contribution in [0.15, 0.2) is 91.0 Å². The first-order valence-corrected chi connectivity index (χ1v) is 9.29. The lowest BCUT2D eigenvalue weighted by Gasteiger charge is -2.37. The van der Waals surface area contributed by atoms with Crippen molar-refractivity contribution in [2.75, 3.05) is 6.61 Å². The molecule has 0 heterocycles. The van der Waals surface area contributed by atoms with Crippen molar-refractivity contribution in [1.82, 2.24) is 0 Å². The molecule has 0 fully saturated rings. The van der Waals surface area contributed by atoms with E-state index in [1.54, 1.807) is 0 Å². The Morgan fingerprint density at radius 3 is 1.17 bits per heavy atom. The molecule has 0 atom stereocenters. The quantitative estimate of drug-likeness (QED) is 0.626. The molecule has 3 aromatic rings. The molecule has 3 aromatic carbocycles. The molecule has 0 aliphatic carbocycles. The Bertz CT molecular complexity index is 605. The van der Waals surface area contributed by atoms with Gasteiger partial charge in [0, 0.05) is 22.5 Å². The number of rotatable bonds is 5. The molecule has 0 aliphatic heterocycles. The number of hydrogen-bond donors (Lipinski definition) is 0. The van der Waals surface area contributed by atoms with Gasteiger partial charge in [-0.05, 0) is 6.92 Å². The van der Waals surface area contributed by atoms with Crippen LogP contribution in [-0.2, 0) is 4.52 Å². The molecule has 0 unspecified atom stereocenters. The fraction of sp³-hybridized carbons (Fsp3) is 0.100. The van der Waals surface area contributed by atoms with Gasteiger partial charge in [-0.25, -0.2) is 0 Å². The minimum absolute atomic E-state index is 0. The molecule has 0 spiro atoms. The van der Waals surface area contributed by atoms with Gasteiger partial charge in [-0.15, -0.1) is 12.4 Å². The Morgan fingerprint density at radius 1 is 0.609 bits per heavy atom. The van der Waals surface area contributed by atoms with Gasteiger partial charge in [0.05, 0.1) is 7.49 Å². The maximum Gasteiger partial charge on any atom is 0.0704 e. The highest BCUT2D eigenvalue weighted by molar-refractivity contribution is 7.91. The summed E-state index contributed by atoms with van der Waals surface area (Å²) >= 11 is 0. The lowest BCUT2D eigenvalue weighted by atomic mass is 10.4. The molecule has 3 heteroatoms. The van der Waals surface area contributed by atoms with Crippen molar-refractivity contribution in [1.29, 1.82) is 0 Å². The highest BCUT2D eigenvalue weighted by atomic mass is 35.5. The van der Waals surface area contributed by atoms with Gasteiger partial charge in [-0.3, -0.25) is 0 Å². The largest absolute Gasteiger partial charge is 0.352 e. The first kappa shape index (κ1) is 17.7. The lowest BCUT2D eigenvalue weighted by Crippen LogP contribution is -2.32. The van der Waals surface area contributed by atoms with E-state index in [1.165, 1.54) is 15.9 Å². The second-order valence-electron chi connectivity index (χ2n) is 5.03. The molecule has 119 valence electrons. The molecule has 3 rings (SSSR count). The van der Waals surface area contributed by atoms with Crippen molar-refractivity contribution >= 4 is 35.8 Å². The van der Waals surface area contributed by atoms with E-state index in [4.69, 9.17) is 4.52 Å². The Hall–Kier alpha value is -1.66. The first-order valence-electron chi connectivity index (χ1n) is 7.58. The summed E-state index contributed by atoms with van der Waals surface area (Å²) in [5.41, 5.74) is 0. The Labute approximate surface area is 145 Å². The smallest absolute Gasteiger partial charge is 0.0704 e. The maximum atomic E-state index is 6.50. The molecule has 1 radical (unpaired) electrons. The van der Waals surface area contributed by atoms with Crippen LogP contribution < -0.4 is 15.9 Å². The van der Waals surface area contributed by atoms with Gasteiger partial charge in [0.1, 0.15) is 0 Å². The minimum Gasteiger partial charge on any atom is -0.352 e. The highest BCUT2D eigenvalue weighted by Crippen LogP contribution is 2.56. The average Bonchev–Trinajstić information content (AvgIpc) is 2.62. The average molecular weight is 344 g/mol. The van der Waals surface area contributed by atoms with Crippen molar-refractivity contribution in [3.63, 3.8) is 0 Å². The molecule has 0 N–H and O–H groups in total. The lowest BCUT2D eigenvalue weighted by molar-refractivity contribution is 0.381. The zero-order chi connectivity index (χ0) is 15.3. The topological polar surface area (TPSA) is 9.23 Å². The highest BCUT2D eigenvalue weighted by Gasteiger charge is 2.34. The SMILES string of the molecule is CCO[P](c1ccccc1)(c1ccccc1)c1ccccc1.Cl. The number of benzene rings is 3. The van der Waals surface area contributed by atoms with Crippen molar-refractivity contribution in [2.24, 2.45) is 0 Å². The van der Waals surface area contributed by atoms with Crippen LogP contribution in [0.5, 0.6) is 0 Å². The zero-order valence-corrected chi connectivity index (χ0v) is 14.8. The van der Waals surface area contributed by atoms with Crippen molar-refractivity contribution in [2.45, 2.75) is 6.92 Å². The van der Waals surface area contributed by atoms with Crippen LogP contribution in [0.4, 0.5) is 0 Å². The predicted molar refractivity (Wildman–Crippen MR) is 104 cm³/mol. The second kappa shape index (κ2) is 8.26. The van der Waals surface area contributed by atoms with Crippen LogP contribution in [0.3, 0.4) is 0 Å². The number of halogens is 1. The van der Waals surface area contributed by atoms with Crippen LogP contribution in [-0.4, -0.2) is 6.61 Å². The minimum atomic E-state index is -2.05. The summed E-state index contributed by atoms with van der Waals surface area (Å²) in [5.74, 6) is 0. The summed E-state index contributed by atoms with van der Waals surface area (Å²) in [7, 11) is -2.05. The zero-order valence-electron chi connectivity index (χ0n) is 13.1. The van der Waals surface area contributed by atoms with Gasteiger partial charge in [-0.1, -0.05) is 91.0 Å². The Kier molecular flexibility index (Phi) is 6.36. The van der Waals surface area contributed by atoms with Gasteiger partial charge in [0.2, 0.25) is 0 Å². The van der Waals surface area contributed by atoms with Gasteiger partial charge in [0.15, 0.2) is 0 Å². The molecule has 1 nitrogen and oxygen atoms in total. The monoisotopic (exact) mass is 343 g/mol. The Morgan fingerprint density at radius 2 is 0.913 bits per heavy atom. The molecule has 0 aromatic heterocycles. The molecule has 0 saturated heterocycles. The molecule has 0 saturated carbocycles. The summed E-state index contributed by atoms with van der Waals surface area (Å²) in [6.07, 6.45) is 0. The maximum absolute atomic E-state index is 6.50. The molecule has 0 aliphatic rings. The number of hydrogen-bond acceptors (Lipinski definition) is 1. The fourth-order valence-electron chi connectivity index (χ4n) is 2.78. The van der Waals surface area contributed by atoms with Crippen LogP contribution in [0.25, 0.3) is 0 Å². The van der Waals surface area contributed by atoms with E-state index in [-0.39, 0.29) is 12.4 Å². The Balaban J connectivity index is 0.00000192. The van der Waals surface area contributed by atoms with E-state index in [1.807, 2.05) is 0 Å². The summed E-state index contributed by atoms with van der Waals surface area (Å²) in [5, 5.41) is 3.78. The van der Waals surface area contributed by atoms with Crippen LogP contribution in [0.2, 0.25) is 0 Å². The van der Waals surface area contributed by atoms with E-state index >= 15 is 0 Å². The van der Waals surface area contributed by atoms with E-state index in [2.05, 4.69) is 97.9 Å². The van der Waals surface area contributed by atoms with Gasteiger partial charge < -0.3 is 4.52 Å². The van der Waals surface area contributed by atoms with Crippen LogP contribution in [0.1, 0.15) is 6.92 Å². The molecule has 23 heavy (non-hydrogen) atoms. The van der Waals surface area contributed by atoms with Crippen molar-refractivity contribution in [3.05, 3.63) is 91.0 Å². The normalized spacial score (nSPS) is 10.8. The van der Waals surface area contributed by atoms with E-state index in [9.17, 15) is 0 Å². The van der Waals surface area contributed by atoms with E-state index < -0.39 is 7.49 Å². The van der Waals surface area contributed by atoms with E-state index in [0.717, 1.165) is 0 Å².